The maximum atomic E-state index is 4.64. The molecular weight excluding hydrogens is 276 g/mol. The minimum absolute atomic E-state index is 0.395. The molecule has 22 heavy (non-hydrogen) atoms. The van der Waals surface area contributed by atoms with Crippen LogP contribution in [0.2, 0.25) is 0 Å². The molecule has 2 N–H and O–H groups in total. The van der Waals surface area contributed by atoms with Gasteiger partial charge in [-0.2, -0.15) is 9.97 Å². The van der Waals surface area contributed by atoms with Gasteiger partial charge in [-0.1, -0.05) is 0 Å². The van der Waals surface area contributed by atoms with Gasteiger partial charge in [-0.15, -0.1) is 0 Å². The Bertz CT molecular complexity index is 684. The molecule has 3 rings (SSSR count). The van der Waals surface area contributed by atoms with Crippen molar-refractivity contribution in [3.8, 4) is 0 Å². The first kappa shape index (κ1) is 15.0. The first-order valence-corrected chi connectivity index (χ1v) is 7.85. The number of aryl methyl sites for hydroxylation is 2. The molecule has 0 amide bonds. The summed E-state index contributed by atoms with van der Waals surface area (Å²) in [7, 11) is 4.04. The van der Waals surface area contributed by atoms with Crippen molar-refractivity contribution in [2.45, 2.75) is 32.7 Å². The monoisotopic (exact) mass is 300 g/mol. The highest BCUT2D eigenvalue weighted by atomic mass is 15.2. The summed E-state index contributed by atoms with van der Waals surface area (Å²) in [5, 5.41) is 7.65. The van der Waals surface area contributed by atoms with Gasteiger partial charge in [0, 0.05) is 25.3 Å². The first-order valence-electron chi connectivity index (χ1n) is 7.85. The number of hydrogen-bond donors (Lipinski definition) is 2. The van der Waals surface area contributed by atoms with Crippen LogP contribution in [0.4, 0.5) is 11.8 Å². The zero-order chi connectivity index (χ0) is 15.7. The summed E-state index contributed by atoms with van der Waals surface area (Å²) in [5.74, 6) is 1.50. The average Bonchev–Trinajstić information content (AvgIpc) is 2.45. The van der Waals surface area contributed by atoms with E-state index in [1.807, 2.05) is 14.0 Å². The Morgan fingerprint density at radius 1 is 1.23 bits per heavy atom. The van der Waals surface area contributed by atoms with Gasteiger partial charge in [-0.3, -0.25) is 0 Å². The van der Waals surface area contributed by atoms with E-state index in [0.29, 0.717) is 12.0 Å². The van der Waals surface area contributed by atoms with Crippen molar-refractivity contribution in [1.82, 2.24) is 19.9 Å². The zero-order valence-electron chi connectivity index (χ0n) is 13.8. The van der Waals surface area contributed by atoms with Crippen LogP contribution < -0.4 is 10.6 Å². The number of piperidine rings is 1. The lowest BCUT2D eigenvalue weighted by atomic mass is 10.1. The van der Waals surface area contributed by atoms with Crippen molar-refractivity contribution in [2.75, 3.05) is 37.8 Å². The molecule has 1 saturated heterocycles. The van der Waals surface area contributed by atoms with Gasteiger partial charge in [0.2, 0.25) is 5.95 Å². The standard InChI is InChI=1S/C16H24N6/c1-10-8-11(2)18-15-13(10)14(17-3)20-16(21-15)19-12-6-5-7-22(4)9-12/h8,12H,5-7,9H2,1-4H3,(H2,17,18,19,20,21)/t12-/m1/s1. The quantitative estimate of drug-likeness (QED) is 0.906. The van der Waals surface area contributed by atoms with Crippen LogP contribution >= 0.6 is 0 Å². The predicted molar refractivity (Wildman–Crippen MR) is 90.5 cm³/mol. The van der Waals surface area contributed by atoms with Crippen molar-refractivity contribution in [3.05, 3.63) is 17.3 Å². The minimum atomic E-state index is 0.395. The Hall–Kier alpha value is -1.95. The molecule has 1 atom stereocenters. The molecule has 0 aromatic carbocycles. The SMILES string of the molecule is CNc1nc(N[C@@H]2CCCN(C)C2)nc2nc(C)cc(C)c12. The van der Waals surface area contributed by atoms with Crippen LogP contribution in [0, 0.1) is 13.8 Å². The predicted octanol–water partition coefficient (Wildman–Crippen LogP) is 2.19. The topological polar surface area (TPSA) is 66.0 Å². The highest BCUT2D eigenvalue weighted by Gasteiger charge is 2.19. The Morgan fingerprint density at radius 2 is 2.05 bits per heavy atom. The molecule has 0 spiro atoms. The van der Waals surface area contributed by atoms with Crippen molar-refractivity contribution in [3.63, 3.8) is 0 Å². The molecule has 1 fully saturated rings. The van der Waals surface area contributed by atoms with Crippen molar-refractivity contribution < 1.29 is 0 Å². The Labute approximate surface area is 131 Å². The number of aromatic nitrogens is 3. The van der Waals surface area contributed by atoms with E-state index >= 15 is 0 Å². The van der Waals surface area contributed by atoms with Crippen molar-refractivity contribution in [2.24, 2.45) is 0 Å². The van der Waals surface area contributed by atoms with Gasteiger partial charge < -0.3 is 15.5 Å². The van der Waals surface area contributed by atoms with E-state index in [1.54, 1.807) is 0 Å². The van der Waals surface area contributed by atoms with Crippen LogP contribution in [0.3, 0.4) is 0 Å². The number of rotatable bonds is 3. The van der Waals surface area contributed by atoms with Crippen LogP contribution in [0.1, 0.15) is 24.1 Å². The van der Waals surface area contributed by atoms with Crippen molar-refractivity contribution in [1.29, 1.82) is 0 Å². The van der Waals surface area contributed by atoms with E-state index in [4.69, 9.17) is 0 Å². The molecule has 2 aromatic rings. The van der Waals surface area contributed by atoms with Gasteiger partial charge in [0.25, 0.3) is 0 Å². The smallest absolute Gasteiger partial charge is 0.226 e. The molecule has 0 unspecified atom stereocenters. The van der Waals surface area contributed by atoms with E-state index in [0.717, 1.165) is 41.1 Å². The molecule has 3 heterocycles. The summed E-state index contributed by atoms with van der Waals surface area (Å²) >= 11 is 0. The molecule has 0 radical (unpaired) electrons. The van der Waals surface area contributed by atoms with Crippen LogP contribution in [-0.2, 0) is 0 Å². The first-order chi connectivity index (χ1) is 10.6. The molecule has 6 nitrogen and oxygen atoms in total. The van der Waals surface area contributed by atoms with Crippen LogP contribution in [0.5, 0.6) is 0 Å². The molecule has 1 aliphatic rings. The van der Waals surface area contributed by atoms with Gasteiger partial charge in [-0.25, -0.2) is 4.98 Å². The zero-order valence-corrected chi connectivity index (χ0v) is 13.8. The lowest BCUT2D eigenvalue weighted by molar-refractivity contribution is 0.260. The molecule has 118 valence electrons. The van der Waals surface area contributed by atoms with E-state index in [9.17, 15) is 0 Å². The maximum absolute atomic E-state index is 4.64. The Morgan fingerprint density at radius 3 is 2.77 bits per heavy atom. The fourth-order valence-corrected chi connectivity index (χ4v) is 3.19. The normalized spacial score (nSPS) is 19.4. The molecule has 0 aliphatic carbocycles. The van der Waals surface area contributed by atoms with Gasteiger partial charge in [0.1, 0.15) is 5.82 Å². The van der Waals surface area contributed by atoms with Gasteiger partial charge in [0.05, 0.1) is 5.39 Å². The van der Waals surface area contributed by atoms with Gasteiger partial charge >= 0.3 is 0 Å². The van der Waals surface area contributed by atoms with Crippen LogP contribution in [0.25, 0.3) is 11.0 Å². The number of nitrogens with zero attached hydrogens (tertiary/aromatic N) is 4. The summed E-state index contributed by atoms with van der Waals surface area (Å²) in [6.07, 6.45) is 2.36. The highest BCUT2D eigenvalue weighted by molar-refractivity contribution is 5.90. The number of hydrogen-bond acceptors (Lipinski definition) is 6. The van der Waals surface area contributed by atoms with Gasteiger partial charge in [-0.05, 0) is 51.9 Å². The number of pyridine rings is 1. The van der Waals surface area contributed by atoms with E-state index < -0.39 is 0 Å². The summed E-state index contributed by atoms with van der Waals surface area (Å²) in [6, 6.07) is 2.46. The number of nitrogens with one attached hydrogen (secondary N) is 2. The maximum Gasteiger partial charge on any atom is 0.226 e. The van der Waals surface area contributed by atoms with Gasteiger partial charge in [0.15, 0.2) is 5.65 Å². The molecular formula is C16H24N6. The summed E-state index contributed by atoms with van der Waals surface area (Å²) in [5.41, 5.74) is 2.88. The van der Waals surface area contributed by atoms with E-state index in [2.05, 4.69) is 50.5 Å². The summed E-state index contributed by atoms with van der Waals surface area (Å²) < 4.78 is 0. The molecule has 0 bridgehead atoms. The molecule has 2 aromatic heterocycles. The third kappa shape index (κ3) is 2.97. The molecule has 1 aliphatic heterocycles. The lowest BCUT2D eigenvalue weighted by Gasteiger charge is -2.30. The minimum Gasteiger partial charge on any atom is -0.372 e. The second-order valence-electron chi connectivity index (χ2n) is 6.17. The third-order valence-corrected chi connectivity index (χ3v) is 4.19. The summed E-state index contributed by atoms with van der Waals surface area (Å²) in [6.45, 7) is 6.26. The molecule has 6 heteroatoms. The average molecular weight is 300 g/mol. The second-order valence-corrected chi connectivity index (χ2v) is 6.17. The van der Waals surface area contributed by atoms with Crippen LogP contribution in [0.15, 0.2) is 6.07 Å². The molecule has 0 saturated carbocycles. The number of fused-ring (bicyclic) bond motifs is 1. The van der Waals surface area contributed by atoms with E-state index in [1.165, 1.54) is 13.0 Å². The fourth-order valence-electron chi connectivity index (χ4n) is 3.19. The van der Waals surface area contributed by atoms with E-state index in [-0.39, 0.29) is 0 Å². The van der Waals surface area contributed by atoms with Crippen molar-refractivity contribution >= 4 is 22.8 Å². The second kappa shape index (κ2) is 6.04. The number of likely N-dealkylation sites (tertiary alicyclic amines) is 1. The fraction of sp³-hybridized carbons (Fsp3) is 0.562. The Balaban J connectivity index is 1.96. The highest BCUT2D eigenvalue weighted by Crippen LogP contribution is 2.25. The largest absolute Gasteiger partial charge is 0.372 e. The Kier molecular flexibility index (Phi) is 4.11. The summed E-state index contributed by atoms with van der Waals surface area (Å²) in [4.78, 5) is 16.2. The van der Waals surface area contributed by atoms with Crippen LogP contribution in [-0.4, -0.2) is 53.1 Å². The lowest BCUT2D eigenvalue weighted by Crippen LogP contribution is -2.40. The third-order valence-electron chi connectivity index (χ3n) is 4.19. The number of likely N-dealkylation sites (N-methyl/N-ethyl adjacent to an activating group) is 1. The number of anilines is 2.